The number of nitrogens with one attached hydrogen (secondary N) is 2. The highest BCUT2D eigenvalue weighted by molar-refractivity contribution is 6.09. The molecule has 5 nitrogen and oxygen atoms in total. The molecule has 146 valence electrons. The monoisotopic (exact) mass is 393 g/mol. The number of methoxy groups -OCH3 is 1. The molecule has 5 heteroatoms. The summed E-state index contributed by atoms with van der Waals surface area (Å²) >= 11 is 0. The Kier molecular flexibility index (Phi) is 4.41. The van der Waals surface area contributed by atoms with Crippen molar-refractivity contribution < 1.29 is 9.53 Å². The third-order valence-electron chi connectivity index (χ3n) is 5.10. The molecule has 4 aromatic carbocycles. The molecule has 2 N–H and O–H groups in total. The van der Waals surface area contributed by atoms with Crippen molar-refractivity contribution in [3.8, 4) is 17.1 Å². The first-order valence-corrected chi connectivity index (χ1v) is 9.64. The van der Waals surface area contributed by atoms with Gasteiger partial charge in [0.2, 0.25) is 0 Å². The molecule has 0 saturated heterocycles. The first-order chi connectivity index (χ1) is 14.7. The summed E-state index contributed by atoms with van der Waals surface area (Å²) in [5.41, 5.74) is 3.96. The SMILES string of the molecule is COc1cc2ccccc2cc1C(=O)Nc1cccc(-c2nc3ccccc3[nH]2)c1. The number of ether oxygens (including phenoxy) is 1. The molecule has 1 aromatic heterocycles. The van der Waals surface area contributed by atoms with Crippen LogP contribution in [0.15, 0.2) is 84.9 Å². The van der Waals surface area contributed by atoms with Gasteiger partial charge in [-0.25, -0.2) is 4.98 Å². The van der Waals surface area contributed by atoms with Gasteiger partial charge >= 0.3 is 0 Å². The summed E-state index contributed by atoms with van der Waals surface area (Å²) in [6, 6.07) is 27.1. The number of carbonyl (C=O) groups is 1. The molecule has 1 heterocycles. The summed E-state index contributed by atoms with van der Waals surface area (Å²) in [7, 11) is 1.57. The number of para-hydroxylation sites is 2. The molecule has 0 unspecified atom stereocenters. The van der Waals surface area contributed by atoms with E-state index >= 15 is 0 Å². The lowest BCUT2D eigenvalue weighted by molar-refractivity contribution is 0.102. The maximum Gasteiger partial charge on any atom is 0.259 e. The smallest absolute Gasteiger partial charge is 0.259 e. The molecule has 0 radical (unpaired) electrons. The third kappa shape index (κ3) is 3.26. The quantitative estimate of drug-likeness (QED) is 0.415. The average Bonchev–Trinajstić information content (AvgIpc) is 3.23. The Morgan fingerprint density at radius 1 is 0.900 bits per heavy atom. The summed E-state index contributed by atoms with van der Waals surface area (Å²) < 4.78 is 5.46. The molecule has 0 aliphatic rings. The fourth-order valence-electron chi connectivity index (χ4n) is 3.60. The van der Waals surface area contributed by atoms with E-state index in [2.05, 4.69) is 15.3 Å². The van der Waals surface area contributed by atoms with Gasteiger partial charge in [0.1, 0.15) is 11.6 Å². The van der Waals surface area contributed by atoms with E-state index in [-0.39, 0.29) is 5.91 Å². The summed E-state index contributed by atoms with van der Waals surface area (Å²) in [5.74, 6) is 1.08. The van der Waals surface area contributed by atoms with Crippen LogP contribution in [0.1, 0.15) is 10.4 Å². The number of imidazole rings is 1. The van der Waals surface area contributed by atoms with Crippen molar-refractivity contribution in [3.05, 3.63) is 90.5 Å². The van der Waals surface area contributed by atoms with Gasteiger partial charge in [-0.3, -0.25) is 4.79 Å². The number of hydrogen-bond acceptors (Lipinski definition) is 3. The average molecular weight is 393 g/mol. The molecule has 0 spiro atoms. The Morgan fingerprint density at radius 2 is 1.67 bits per heavy atom. The van der Waals surface area contributed by atoms with E-state index in [0.29, 0.717) is 17.0 Å². The standard InChI is InChI=1S/C25H19N3O2/c1-30-23-15-17-8-3-2-7-16(17)14-20(23)25(29)26-19-10-6-9-18(13-19)24-27-21-11-4-5-12-22(21)28-24/h2-15H,1H3,(H,26,29)(H,27,28). The van der Waals surface area contributed by atoms with E-state index in [0.717, 1.165) is 33.2 Å². The first-order valence-electron chi connectivity index (χ1n) is 9.64. The summed E-state index contributed by atoms with van der Waals surface area (Å²) in [6.45, 7) is 0. The molecule has 0 atom stereocenters. The van der Waals surface area contributed by atoms with Gasteiger partial charge < -0.3 is 15.0 Å². The molecule has 0 saturated carbocycles. The predicted octanol–water partition coefficient (Wildman–Crippen LogP) is 5.64. The molecular formula is C25H19N3O2. The number of hydrogen-bond donors (Lipinski definition) is 2. The third-order valence-corrected chi connectivity index (χ3v) is 5.10. The number of fused-ring (bicyclic) bond motifs is 2. The molecule has 0 bridgehead atoms. The Labute approximate surface area is 173 Å². The van der Waals surface area contributed by atoms with Gasteiger partial charge in [0, 0.05) is 11.3 Å². The maximum atomic E-state index is 13.0. The zero-order valence-corrected chi connectivity index (χ0v) is 16.3. The normalized spacial score (nSPS) is 11.0. The van der Waals surface area contributed by atoms with Gasteiger partial charge in [-0.15, -0.1) is 0 Å². The largest absolute Gasteiger partial charge is 0.496 e. The van der Waals surface area contributed by atoms with Crippen molar-refractivity contribution in [1.29, 1.82) is 0 Å². The molecule has 5 aromatic rings. The maximum absolute atomic E-state index is 13.0. The van der Waals surface area contributed by atoms with E-state index in [1.54, 1.807) is 7.11 Å². The molecular weight excluding hydrogens is 374 g/mol. The van der Waals surface area contributed by atoms with Crippen molar-refractivity contribution in [2.75, 3.05) is 12.4 Å². The van der Waals surface area contributed by atoms with Crippen molar-refractivity contribution in [1.82, 2.24) is 9.97 Å². The van der Waals surface area contributed by atoms with E-state index in [4.69, 9.17) is 4.74 Å². The van der Waals surface area contributed by atoms with Gasteiger partial charge in [-0.2, -0.15) is 0 Å². The second-order valence-corrected chi connectivity index (χ2v) is 7.04. The van der Waals surface area contributed by atoms with Crippen LogP contribution in [0.2, 0.25) is 0 Å². The predicted molar refractivity (Wildman–Crippen MR) is 120 cm³/mol. The minimum Gasteiger partial charge on any atom is -0.496 e. The van der Waals surface area contributed by atoms with Crippen molar-refractivity contribution >= 4 is 33.4 Å². The van der Waals surface area contributed by atoms with Gasteiger partial charge in [0.05, 0.1) is 23.7 Å². The highest BCUT2D eigenvalue weighted by atomic mass is 16.5. The Hall–Kier alpha value is -4.12. The molecule has 5 rings (SSSR count). The number of aromatic nitrogens is 2. The van der Waals surface area contributed by atoms with Crippen LogP contribution in [0.4, 0.5) is 5.69 Å². The van der Waals surface area contributed by atoms with Crippen LogP contribution in [0.5, 0.6) is 5.75 Å². The number of anilines is 1. The second kappa shape index (κ2) is 7.37. The van der Waals surface area contributed by atoms with Crippen molar-refractivity contribution in [2.45, 2.75) is 0 Å². The molecule has 0 aliphatic carbocycles. The lowest BCUT2D eigenvalue weighted by atomic mass is 10.1. The fraction of sp³-hybridized carbons (Fsp3) is 0.0400. The van der Waals surface area contributed by atoms with Gasteiger partial charge in [-0.1, -0.05) is 48.5 Å². The Bertz CT molecular complexity index is 1350. The number of amides is 1. The minimum absolute atomic E-state index is 0.223. The van der Waals surface area contributed by atoms with Crippen LogP contribution in [0, 0.1) is 0 Å². The number of H-pyrrole nitrogens is 1. The zero-order chi connectivity index (χ0) is 20.5. The first kappa shape index (κ1) is 17.9. The highest BCUT2D eigenvalue weighted by Gasteiger charge is 2.15. The number of aromatic amines is 1. The van der Waals surface area contributed by atoms with Crippen LogP contribution in [-0.4, -0.2) is 23.0 Å². The molecule has 30 heavy (non-hydrogen) atoms. The van der Waals surface area contributed by atoms with E-state index in [1.807, 2.05) is 84.9 Å². The summed E-state index contributed by atoms with van der Waals surface area (Å²) in [6.07, 6.45) is 0. The topological polar surface area (TPSA) is 67.0 Å². The number of rotatable bonds is 4. The second-order valence-electron chi connectivity index (χ2n) is 7.04. The minimum atomic E-state index is -0.223. The molecule has 1 amide bonds. The van der Waals surface area contributed by atoms with E-state index in [1.165, 1.54) is 0 Å². The van der Waals surface area contributed by atoms with Crippen molar-refractivity contribution in [2.24, 2.45) is 0 Å². The van der Waals surface area contributed by atoms with Crippen LogP contribution >= 0.6 is 0 Å². The molecule has 0 fully saturated rings. The van der Waals surface area contributed by atoms with Crippen LogP contribution < -0.4 is 10.1 Å². The van der Waals surface area contributed by atoms with Crippen LogP contribution in [0.25, 0.3) is 33.2 Å². The highest BCUT2D eigenvalue weighted by Crippen LogP contribution is 2.28. The molecule has 0 aliphatic heterocycles. The summed E-state index contributed by atoms with van der Waals surface area (Å²) in [5, 5.41) is 4.99. The number of nitrogens with zero attached hydrogens (tertiary/aromatic N) is 1. The van der Waals surface area contributed by atoms with E-state index < -0.39 is 0 Å². The van der Waals surface area contributed by atoms with Gasteiger partial charge in [0.25, 0.3) is 5.91 Å². The summed E-state index contributed by atoms with van der Waals surface area (Å²) in [4.78, 5) is 21.0. The van der Waals surface area contributed by atoms with Gasteiger partial charge in [0.15, 0.2) is 0 Å². The Balaban J connectivity index is 1.47. The lowest BCUT2D eigenvalue weighted by Gasteiger charge is -2.11. The fourth-order valence-corrected chi connectivity index (χ4v) is 3.60. The number of benzene rings is 4. The lowest BCUT2D eigenvalue weighted by Crippen LogP contribution is -2.13. The van der Waals surface area contributed by atoms with Crippen molar-refractivity contribution in [3.63, 3.8) is 0 Å². The zero-order valence-electron chi connectivity index (χ0n) is 16.3. The van der Waals surface area contributed by atoms with E-state index in [9.17, 15) is 4.79 Å². The van der Waals surface area contributed by atoms with Crippen LogP contribution in [-0.2, 0) is 0 Å². The number of carbonyl (C=O) groups excluding carboxylic acids is 1. The van der Waals surface area contributed by atoms with Gasteiger partial charge in [-0.05, 0) is 47.2 Å². The van der Waals surface area contributed by atoms with Crippen LogP contribution in [0.3, 0.4) is 0 Å². The Morgan fingerprint density at radius 3 is 2.47 bits per heavy atom.